The zero-order valence-electron chi connectivity index (χ0n) is 36.8. The van der Waals surface area contributed by atoms with Gasteiger partial charge in [-0.1, -0.05) is 200 Å². The first-order valence-corrected chi connectivity index (χ1v) is 23.2. The van der Waals surface area contributed by atoms with Gasteiger partial charge in [0.15, 0.2) is 0 Å². The van der Waals surface area contributed by atoms with Crippen LogP contribution in [0.15, 0.2) is 267 Å². The lowest BCUT2D eigenvalue weighted by Gasteiger charge is -2.35. The van der Waals surface area contributed by atoms with Crippen LogP contribution in [0.25, 0.3) is 71.6 Å². The average Bonchev–Trinajstić information content (AvgIpc) is 3.90. The fourth-order valence-electron chi connectivity index (χ4n) is 11.0. The smallest absolute Gasteiger partial charge is 0.0714 e. The van der Waals surface area contributed by atoms with E-state index in [4.69, 9.17) is 0 Å². The molecular weight excluding hydrogens is 809 g/mol. The fourth-order valence-corrected chi connectivity index (χ4v) is 11.0. The molecule has 314 valence electrons. The van der Waals surface area contributed by atoms with Gasteiger partial charge in [-0.15, -0.1) is 0 Å². The second-order valence-electron chi connectivity index (χ2n) is 17.7. The van der Waals surface area contributed by atoms with Crippen LogP contribution >= 0.6 is 0 Å². The molecule has 1 aromatic heterocycles. The van der Waals surface area contributed by atoms with Gasteiger partial charge in [0.2, 0.25) is 0 Å². The zero-order valence-corrected chi connectivity index (χ0v) is 36.8. The van der Waals surface area contributed by atoms with E-state index in [2.05, 4.69) is 276 Å². The highest BCUT2D eigenvalue weighted by Gasteiger charge is 2.46. The quantitative estimate of drug-likeness (QED) is 0.148. The van der Waals surface area contributed by atoms with Gasteiger partial charge in [0.25, 0.3) is 0 Å². The summed E-state index contributed by atoms with van der Waals surface area (Å²) in [5.41, 5.74) is 18.7. The van der Waals surface area contributed by atoms with Crippen molar-refractivity contribution in [3.05, 3.63) is 289 Å². The molecule has 0 bridgehead atoms. The molecular formula is C65H44N2. The van der Waals surface area contributed by atoms with Crippen LogP contribution < -0.4 is 4.90 Å². The topological polar surface area (TPSA) is 8.17 Å². The van der Waals surface area contributed by atoms with Crippen LogP contribution in [0.1, 0.15) is 22.3 Å². The van der Waals surface area contributed by atoms with Crippen LogP contribution in [0, 0.1) is 0 Å². The van der Waals surface area contributed by atoms with Crippen molar-refractivity contribution in [2.45, 2.75) is 5.41 Å². The summed E-state index contributed by atoms with van der Waals surface area (Å²) >= 11 is 0. The maximum absolute atomic E-state index is 2.45. The minimum atomic E-state index is -0.498. The van der Waals surface area contributed by atoms with E-state index in [-0.39, 0.29) is 0 Å². The maximum atomic E-state index is 2.45. The Morgan fingerprint density at radius 3 is 1.64 bits per heavy atom. The molecule has 2 heteroatoms. The molecule has 0 saturated carbocycles. The summed E-state index contributed by atoms with van der Waals surface area (Å²) in [6.07, 6.45) is 0. The summed E-state index contributed by atoms with van der Waals surface area (Å²) in [5.74, 6) is 0. The molecule has 1 aliphatic rings. The SMILES string of the molecule is c1ccc(N(c2cccc(-c3cccc(-c4ccc5c6ccccc6n(-c6ccc7ccccc7c6)c5c4)c3)c2)c2ccc3c(c2)C(c2ccccc2)(c2ccccc2)c2ccccc2-3)cc1. The van der Waals surface area contributed by atoms with Gasteiger partial charge in [-0.2, -0.15) is 0 Å². The summed E-state index contributed by atoms with van der Waals surface area (Å²) in [6.45, 7) is 0. The summed E-state index contributed by atoms with van der Waals surface area (Å²) in [4.78, 5) is 2.41. The number of nitrogens with zero attached hydrogens (tertiary/aromatic N) is 2. The second-order valence-corrected chi connectivity index (χ2v) is 17.7. The Balaban J connectivity index is 0.933. The molecule has 0 N–H and O–H groups in total. The van der Waals surface area contributed by atoms with E-state index < -0.39 is 5.41 Å². The minimum absolute atomic E-state index is 0.498. The van der Waals surface area contributed by atoms with E-state index in [0.717, 1.165) is 28.3 Å². The molecule has 67 heavy (non-hydrogen) atoms. The average molecular weight is 853 g/mol. The number of para-hydroxylation sites is 2. The molecule has 11 aromatic carbocycles. The van der Waals surface area contributed by atoms with Crippen molar-refractivity contribution < 1.29 is 0 Å². The number of hydrogen-bond acceptors (Lipinski definition) is 1. The monoisotopic (exact) mass is 852 g/mol. The van der Waals surface area contributed by atoms with Crippen LogP contribution in [-0.2, 0) is 5.41 Å². The first-order valence-electron chi connectivity index (χ1n) is 23.2. The van der Waals surface area contributed by atoms with Crippen LogP contribution in [0.5, 0.6) is 0 Å². The number of anilines is 3. The van der Waals surface area contributed by atoms with E-state index >= 15 is 0 Å². The van der Waals surface area contributed by atoms with Crippen LogP contribution in [0.2, 0.25) is 0 Å². The lowest BCUT2D eigenvalue weighted by atomic mass is 9.67. The number of hydrogen-bond donors (Lipinski definition) is 0. The summed E-state index contributed by atoms with van der Waals surface area (Å²) < 4.78 is 2.42. The van der Waals surface area contributed by atoms with Crippen molar-refractivity contribution in [2.24, 2.45) is 0 Å². The van der Waals surface area contributed by atoms with Crippen LogP contribution in [0.4, 0.5) is 17.1 Å². The highest BCUT2D eigenvalue weighted by Crippen LogP contribution is 2.57. The van der Waals surface area contributed by atoms with E-state index in [1.165, 1.54) is 82.6 Å². The van der Waals surface area contributed by atoms with E-state index in [9.17, 15) is 0 Å². The van der Waals surface area contributed by atoms with Gasteiger partial charge in [0, 0.05) is 33.5 Å². The van der Waals surface area contributed by atoms with Gasteiger partial charge in [-0.25, -0.2) is 0 Å². The van der Waals surface area contributed by atoms with Gasteiger partial charge < -0.3 is 9.47 Å². The standard InChI is InChI=1S/C65H44N2/c1-4-23-51(24-5-1)65(52-25-6-2-7-26-52)61-32-14-12-30-57(61)58-39-37-56(44-62(58)65)66(53-27-8-3-9-28-53)54-29-17-22-49(42-54)46-20-16-21-47(40-46)50-35-38-60-59-31-13-15-33-63(59)67(64(60)43-50)55-36-34-45-18-10-11-19-48(45)41-55/h1-44H. The molecule has 0 atom stereocenters. The van der Waals surface area contributed by atoms with Crippen molar-refractivity contribution in [3.8, 4) is 39.1 Å². The molecule has 0 amide bonds. The van der Waals surface area contributed by atoms with Crippen LogP contribution in [-0.4, -0.2) is 4.57 Å². The van der Waals surface area contributed by atoms with E-state index in [1.54, 1.807) is 0 Å². The predicted molar refractivity (Wildman–Crippen MR) is 281 cm³/mol. The Kier molecular flexibility index (Phi) is 9.11. The van der Waals surface area contributed by atoms with Gasteiger partial charge in [-0.3, -0.25) is 0 Å². The van der Waals surface area contributed by atoms with Gasteiger partial charge in [0.05, 0.1) is 16.4 Å². The third-order valence-electron chi connectivity index (χ3n) is 14.0. The molecule has 1 aliphatic carbocycles. The summed E-state index contributed by atoms with van der Waals surface area (Å²) in [7, 11) is 0. The van der Waals surface area contributed by atoms with Crippen LogP contribution in [0.3, 0.4) is 0 Å². The highest BCUT2D eigenvalue weighted by atomic mass is 15.1. The molecule has 12 aromatic rings. The predicted octanol–water partition coefficient (Wildman–Crippen LogP) is 17.1. The maximum Gasteiger partial charge on any atom is 0.0714 e. The third-order valence-corrected chi connectivity index (χ3v) is 14.0. The number of rotatable bonds is 8. The molecule has 1 heterocycles. The Bertz CT molecular complexity index is 3770. The Morgan fingerprint density at radius 2 is 0.866 bits per heavy atom. The number of fused-ring (bicyclic) bond motifs is 7. The number of aromatic nitrogens is 1. The summed E-state index contributed by atoms with van der Waals surface area (Å²) in [5, 5.41) is 4.98. The molecule has 0 fully saturated rings. The molecule has 0 spiro atoms. The Hall–Kier alpha value is -8.72. The normalized spacial score (nSPS) is 12.6. The fraction of sp³-hybridized carbons (Fsp3) is 0.0154. The van der Waals surface area contributed by atoms with Gasteiger partial charge in [-0.05, 0) is 133 Å². The molecule has 13 rings (SSSR count). The lowest BCUT2D eigenvalue weighted by molar-refractivity contribution is 0.768. The van der Waals surface area contributed by atoms with Crippen molar-refractivity contribution >= 4 is 49.6 Å². The van der Waals surface area contributed by atoms with Crippen molar-refractivity contribution in [1.29, 1.82) is 0 Å². The van der Waals surface area contributed by atoms with Gasteiger partial charge in [0.1, 0.15) is 0 Å². The molecule has 2 nitrogen and oxygen atoms in total. The first kappa shape index (κ1) is 38.7. The lowest BCUT2D eigenvalue weighted by Crippen LogP contribution is -2.28. The largest absolute Gasteiger partial charge is 0.310 e. The van der Waals surface area contributed by atoms with Gasteiger partial charge >= 0.3 is 0 Å². The number of benzene rings is 11. The molecule has 0 radical (unpaired) electrons. The van der Waals surface area contributed by atoms with Crippen molar-refractivity contribution in [1.82, 2.24) is 4.57 Å². The van der Waals surface area contributed by atoms with Crippen molar-refractivity contribution in [2.75, 3.05) is 4.90 Å². The van der Waals surface area contributed by atoms with E-state index in [1.807, 2.05) is 0 Å². The Labute approximate surface area is 390 Å². The molecule has 0 aliphatic heterocycles. The van der Waals surface area contributed by atoms with Crippen molar-refractivity contribution in [3.63, 3.8) is 0 Å². The minimum Gasteiger partial charge on any atom is -0.310 e. The first-order chi connectivity index (χ1) is 33.2. The molecule has 0 unspecified atom stereocenters. The highest BCUT2D eigenvalue weighted by molar-refractivity contribution is 6.10. The zero-order chi connectivity index (χ0) is 44.3. The second kappa shape index (κ2) is 15.8. The Morgan fingerprint density at radius 1 is 0.299 bits per heavy atom. The third kappa shape index (κ3) is 6.26. The molecule has 0 saturated heterocycles. The summed E-state index contributed by atoms with van der Waals surface area (Å²) in [6, 6.07) is 98.1. The van der Waals surface area contributed by atoms with E-state index in [0.29, 0.717) is 0 Å².